The van der Waals surface area contributed by atoms with Crippen LogP contribution in [0.5, 0.6) is 0 Å². The summed E-state index contributed by atoms with van der Waals surface area (Å²) >= 11 is 0. The molecule has 0 atom stereocenters. The molecule has 3 rings (SSSR count). The van der Waals surface area contributed by atoms with Crippen LogP contribution in [0.1, 0.15) is 49.4 Å². The quantitative estimate of drug-likeness (QED) is 0.614. The number of hydrogen-bond acceptors (Lipinski definition) is 5. The molecular formula is C22H33N3O4S. The number of ketones is 1. The minimum atomic E-state index is -3.62. The van der Waals surface area contributed by atoms with Crippen molar-refractivity contribution in [3.8, 4) is 0 Å². The van der Waals surface area contributed by atoms with Gasteiger partial charge in [-0.25, -0.2) is 8.42 Å². The maximum atomic E-state index is 12.9. The molecular weight excluding hydrogens is 402 g/mol. The Hall–Kier alpha value is -1.77. The van der Waals surface area contributed by atoms with Crippen LogP contribution in [0.25, 0.3) is 0 Å². The van der Waals surface area contributed by atoms with Crippen LogP contribution in [0, 0.1) is 5.92 Å². The van der Waals surface area contributed by atoms with Gasteiger partial charge in [-0.3, -0.25) is 14.5 Å². The van der Waals surface area contributed by atoms with Gasteiger partial charge in [0.15, 0.2) is 5.78 Å². The van der Waals surface area contributed by atoms with Gasteiger partial charge in [0.25, 0.3) is 0 Å². The minimum Gasteiger partial charge on any atom is -0.339 e. The number of carbonyl (C=O) groups excluding carboxylic acids is 2. The second kappa shape index (κ2) is 10.0. The SMILES string of the molecule is CC(=O)c1ccc(S(=O)(=O)N2CCN(C(=O)CN(C)CC3CCCCC3)CC2)cc1. The van der Waals surface area contributed by atoms with E-state index in [9.17, 15) is 18.0 Å². The number of nitrogens with zero attached hydrogens (tertiary/aromatic N) is 3. The molecule has 1 aromatic carbocycles. The Bertz CT molecular complexity index is 840. The van der Waals surface area contributed by atoms with Crippen molar-refractivity contribution in [1.82, 2.24) is 14.1 Å². The summed E-state index contributed by atoms with van der Waals surface area (Å²) in [6.07, 6.45) is 6.42. The highest BCUT2D eigenvalue weighted by atomic mass is 32.2. The van der Waals surface area contributed by atoms with E-state index in [-0.39, 0.29) is 29.7 Å². The Labute approximate surface area is 180 Å². The number of piperazine rings is 1. The zero-order chi connectivity index (χ0) is 21.7. The van der Waals surface area contributed by atoms with Crippen LogP contribution in [0.3, 0.4) is 0 Å². The van der Waals surface area contributed by atoms with Gasteiger partial charge in [-0.1, -0.05) is 31.4 Å². The molecule has 1 aliphatic carbocycles. The van der Waals surface area contributed by atoms with Crippen LogP contribution in [-0.2, 0) is 14.8 Å². The highest BCUT2D eigenvalue weighted by Crippen LogP contribution is 2.24. The molecule has 1 aromatic rings. The number of amides is 1. The van der Waals surface area contributed by atoms with E-state index in [0.29, 0.717) is 31.1 Å². The van der Waals surface area contributed by atoms with Crippen LogP contribution in [0.15, 0.2) is 29.2 Å². The predicted octanol–water partition coefficient (Wildman–Crippen LogP) is 2.23. The van der Waals surface area contributed by atoms with Gasteiger partial charge in [-0.05, 0) is 44.9 Å². The molecule has 166 valence electrons. The second-order valence-electron chi connectivity index (χ2n) is 8.57. The highest BCUT2D eigenvalue weighted by Gasteiger charge is 2.30. The van der Waals surface area contributed by atoms with Crippen molar-refractivity contribution in [2.24, 2.45) is 5.92 Å². The lowest BCUT2D eigenvalue weighted by atomic mass is 9.89. The fraction of sp³-hybridized carbons (Fsp3) is 0.636. The Balaban J connectivity index is 1.50. The van der Waals surface area contributed by atoms with Crippen LogP contribution in [-0.4, -0.2) is 80.5 Å². The molecule has 1 amide bonds. The number of carbonyl (C=O) groups is 2. The molecule has 2 aliphatic rings. The van der Waals surface area contributed by atoms with Crippen molar-refractivity contribution < 1.29 is 18.0 Å². The lowest BCUT2D eigenvalue weighted by Gasteiger charge is -2.35. The smallest absolute Gasteiger partial charge is 0.243 e. The van der Waals surface area contributed by atoms with Gasteiger partial charge >= 0.3 is 0 Å². The van der Waals surface area contributed by atoms with Crippen molar-refractivity contribution in [3.63, 3.8) is 0 Å². The first-order chi connectivity index (χ1) is 14.3. The van der Waals surface area contributed by atoms with Gasteiger partial charge in [0.1, 0.15) is 0 Å². The first-order valence-electron chi connectivity index (χ1n) is 10.8. The monoisotopic (exact) mass is 435 g/mol. The number of sulfonamides is 1. The summed E-state index contributed by atoms with van der Waals surface area (Å²) in [6.45, 7) is 4.17. The van der Waals surface area contributed by atoms with E-state index in [2.05, 4.69) is 4.90 Å². The summed E-state index contributed by atoms with van der Waals surface area (Å²) in [4.78, 5) is 28.1. The maximum absolute atomic E-state index is 12.9. The van der Waals surface area contributed by atoms with E-state index in [1.807, 2.05) is 7.05 Å². The van der Waals surface area contributed by atoms with Crippen LogP contribution in [0.2, 0.25) is 0 Å². The van der Waals surface area contributed by atoms with Crippen molar-refractivity contribution in [1.29, 1.82) is 0 Å². The third-order valence-corrected chi connectivity index (χ3v) is 8.10. The summed E-state index contributed by atoms with van der Waals surface area (Å²) in [5.74, 6) is 0.656. The molecule has 0 spiro atoms. The zero-order valence-corrected chi connectivity index (χ0v) is 18.9. The van der Waals surface area contributed by atoms with E-state index in [0.717, 1.165) is 6.54 Å². The first kappa shape index (κ1) is 22.9. The van der Waals surface area contributed by atoms with Gasteiger partial charge in [-0.15, -0.1) is 0 Å². The average Bonchev–Trinajstić information content (AvgIpc) is 2.74. The van der Waals surface area contributed by atoms with E-state index in [1.165, 1.54) is 67.6 Å². The van der Waals surface area contributed by atoms with Crippen LogP contribution in [0.4, 0.5) is 0 Å². The number of rotatable bonds is 7. The number of hydrogen-bond donors (Lipinski definition) is 0. The molecule has 1 heterocycles. The Morgan fingerprint density at radius 3 is 2.17 bits per heavy atom. The topological polar surface area (TPSA) is 78.0 Å². The van der Waals surface area contributed by atoms with E-state index in [1.54, 1.807) is 4.90 Å². The standard InChI is InChI=1S/C22H33N3O4S/c1-18(26)20-8-10-21(11-9-20)30(28,29)25-14-12-24(13-15-25)22(27)17-23(2)16-19-6-4-3-5-7-19/h8-11,19H,3-7,12-17H2,1-2H3. The van der Waals surface area contributed by atoms with Gasteiger partial charge in [0.2, 0.25) is 15.9 Å². The molecule has 0 radical (unpaired) electrons. The second-order valence-corrected chi connectivity index (χ2v) is 10.5. The molecule has 7 nitrogen and oxygen atoms in total. The average molecular weight is 436 g/mol. The lowest BCUT2D eigenvalue weighted by molar-refractivity contribution is -0.133. The number of benzene rings is 1. The van der Waals surface area contributed by atoms with Gasteiger partial charge < -0.3 is 4.90 Å². The van der Waals surface area contributed by atoms with Gasteiger partial charge in [0, 0.05) is 38.3 Å². The molecule has 1 saturated carbocycles. The van der Waals surface area contributed by atoms with Crippen molar-refractivity contribution in [3.05, 3.63) is 29.8 Å². The summed E-state index contributed by atoms with van der Waals surface area (Å²) in [7, 11) is -1.62. The third-order valence-electron chi connectivity index (χ3n) is 6.19. The minimum absolute atomic E-state index is 0.0659. The summed E-state index contributed by atoms with van der Waals surface area (Å²) in [6, 6.07) is 6.03. The van der Waals surface area contributed by atoms with Gasteiger partial charge in [-0.2, -0.15) is 4.31 Å². The lowest BCUT2D eigenvalue weighted by Crippen LogP contribution is -2.52. The number of likely N-dealkylation sites (N-methyl/N-ethyl adjacent to an activating group) is 1. The molecule has 1 saturated heterocycles. The molecule has 8 heteroatoms. The highest BCUT2D eigenvalue weighted by molar-refractivity contribution is 7.89. The molecule has 30 heavy (non-hydrogen) atoms. The molecule has 0 unspecified atom stereocenters. The summed E-state index contributed by atoms with van der Waals surface area (Å²) in [5.41, 5.74) is 0.488. The molecule has 0 bridgehead atoms. The van der Waals surface area contributed by atoms with Crippen molar-refractivity contribution in [2.75, 3.05) is 46.3 Å². The largest absolute Gasteiger partial charge is 0.339 e. The third kappa shape index (κ3) is 5.68. The predicted molar refractivity (Wildman–Crippen MR) is 116 cm³/mol. The molecule has 0 N–H and O–H groups in total. The van der Waals surface area contributed by atoms with Gasteiger partial charge in [0.05, 0.1) is 11.4 Å². The summed E-state index contributed by atoms with van der Waals surface area (Å²) < 4.78 is 27.2. The van der Waals surface area contributed by atoms with E-state index < -0.39 is 10.0 Å². The van der Waals surface area contributed by atoms with Crippen LogP contribution < -0.4 is 0 Å². The molecule has 1 aliphatic heterocycles. The van der Waals surface area contributed by atoms with Crippen molar-refractivity contribution in [2.45, 2.75) is 43.9 Å². The fourth-order valence-corrected chi connectivity index (χ4v) is 5.82. The normalized spacial score (nSPS) is 19.2. The van der Waals surface area contributed by atoms with Crippen LogP contribution >= 0.6 is 0 Å². The number of Topliss-reactive ketones (excluding diaryl/α,β-unsaturated/α-hetero) is 1. The molecule has 0 aromatic heterocycles. The Morgan fingerprint density at radius 1 is 1.00 bits per heavy atom. The molecule has 2 fully saturated rings. The first-order valence-corrected chi connectivity index (χ1v) is 12.3. The van der Waals surface area contributed by atoms with E-state index in [4.69, 9.17) is 0 Å². The fourth-order valence-electron chi connectivity index (χ4n) is 4.39. The maximum Gasteiger partial charge on any atom is 0.243 e. The Morgan fingerprint density at radius 2 is 1.60 bits per heavy atom. The Kier molecular flexibility index (Phi) is 7.65. The van der Waals surface area contributed by atoms with E-state index >= 15 is 0 Å². The zero-order valence-electron chi connectivity index (χ0n) is 18.0. The van der Waals surface area contributed by atoms with Crippen molar-refractivity contribution >= 4 is 21.7 Å². The summed E-state index contributed by atoms with van der Waals surface area (Å²) in [5, 5.41) is 0.